The van der Waals surface area contributed by atoms with E-state index in [0.29, 0.717) is 4.90 Å². The summed E-state index contributed by atoms with van der Waals surface area (Å²) in [4.78, 5) is 13.0. The fourth-order valence-electron chi connectivity index (χ4n) is 2.68. The van der Waals surface area contributed by atoms with Gasteiger partial charge < -0.3 is 10.1 Å². The van der Waals surface area contributed by atoms with Crippen LogP contribution in [0.5, 0.6) is 5.75 Å². The van der Waals surface area contributed by atoms with Crippen molar-refractivity contribution in [1.29, 1.82) is 0 Å². The van der Waals surface area contributed by atoms with Gasteiger partial charge in [-0.2, -0.15) is 0 Å². The quantitative estimate of drug-likeness (QED) is 0.726. The largest absolute Gasteiger partial charge is 0.497 e. The highest BCUT2D eigenvalue weighted by Gasteiger charge is 2.25. The summed E-state index contributed by atoms with van der Waals surface area (Å²) < 4.78 is 21.4. The molecule has 28 heavy (non-hydrogen) atoms. The van der Waals surface area contributed by atoms with Crippen LogP contribution in [0.4, 0.5) is 0 Å². The van der Waals surface area contributed by atoms with Gasteiger partial charge in [-0.1, -0.05) is 51.1 Å². The number of hydrogen-bond acceptors (Lipinski definition) is 3. The summed E-state index contributed by atoms with van der Waals surface area (Å²) in [6.45, 7) is 9.49. The predicted octanol–water partition coefficient (Wildman–Crippen LogP) is 4.29. The molecule has 1 amide bonds. The Hall–Kier alpha value is -2.18. The van der Waals surface area contributed by atoms with Crippen molar-refractivity contribution in [2.24, 2.45) is 5.41 Å². The number of carbonyl (C=O) groups excluding carboxylic acids is 1. The fourth-order valence-corrected chi connectivity index (χ4v) is 3.93. The standard InChI is InChI=1S/C22H30N2O3S/c1-15(17-11-13-18(27-6)14-12-17)24-28(26)20-10-8-7-9-19(20)16(2)23-21(25)22(3,4)5/h7-16,24H,1-6H3,(H,23,25)/t15-,16+,28+/m0/s1. The van der Waals surface area contributed by atoms with Crippen LogP contribution in [-0.2, 0) is 15.8 Å². The number of amides is 1. The van der Waals surface area contributed by atoms with Crippen LogP contribution in [-0.4, -0.2) is 17.2 Å². The first-order valence-electron chi connectivity index (χ1n) is 9.35. The van der Waals surface area contributed by atoms with Crippen molar-refractivity contribution < 1.29 is 13.7 Å². The lowest BCUT2D eigenvalue weighted by Gasteiger charge is -2.24. The number of nitrogens with one attached hydrogen (secondary N) is 2. The van der Waals surface area contributed by atoms with Gasteiger partial charge in [-0.15, -0.1) is 0 Å². The summed E-state index contributed by atoms with van der Waals surface area (Å²) >= 11 is 0. The van der Waals surface area contributed by atoms with Gasteiger partial charge in [0, 0.05) is 11.5 Å². The number of hydrogen-bond donors (Lipinski definition) is 2. The van der Waals surface area contributed by atoms with Crippen LogP contribution in [0.3, 0.4) is 0 Å². The molecule has 0 spiro atoms. The van der Waals surface area contributed by atoms with Crippen molar-refractivity contribution in [3.05, 3.63) is 59.7 Å². The summed E-state index contributed by atoms with van der Waals surface area (Å²) in [5, 5.41) is 3.01. The maximum atomic E-state index is 13.0. The zero-order valence-electron chi connectivity index (χ0n) is 17.4. The Morgan fingerprint density at radius 3 is 2.18 bits per heavy atom. The second-order valence-electron chi connectivity index (χ2n) is 7.86. The third kappa shape index (κ3) is 5.66. The Labute approximate surface area is 170 Å². The molecule has 0 radical (unpaired) electrons. The Bertz CT molecular complexity index is 828. The van der Waals surface area contributed by atoms with Gasteiger partial charge in [-0.3, -0.25) is 4.79 Å². The van der Waals surface area contributed by atoms with Crippen LogP contribution >= 0.6 is 0 Å². The van der Waals surface area contributed by atoms with Crippen LogP contribution in [0.1, 0.15) is 57.8 Å². The lowest BCUT2D eigenvalue weighted by molar-refractivity contribution is -0.129. The molecule has 6 heteroatoms. The summed E-state index contributed by atoms with van der Waals surface area (Å²) in [7, 11) is 0.205. The molecule has 2 N–H and O–H groups in total. The molecule has 5 nitrogen and oxygen atoms in total. The Balaban J connectivity index is 2.16. The minimum atomic E-state index is -1.42. The third-order valence-electron chi connectivity index (χ3n) is 4.51. The molecule has 0 bridgehead atoms. The Kier molecular flexibility index (Phi) is 7.38. The molecule has 2 rings (SSSR count). The van der Waals surface area contributed by atoms with E-state index >= 15 is 0 Å². The summed E-state index contributed by atoms with van der Waals surface area (Å²) in [6.07, 6.45) is 0. The molecule has 0 aromatic heterocycles. The van der Waals surface area contributed by atoms with Crippen LogP contribution in [0.15, 0.2) is 53.4 Å². The van der Waals surface area contributed by atoms with E-state index in [1.54, 1.807) is 7.11 Å². The lowest BCUT2D eigenvalue weighted by Crippen LogP contribution is -2.37. The second-order valence-corrected chi connectivity index (χ2v) is 9.08. The molecule has 0 saturated heterocycles. The lowest BCUT2D eigenvalue weighted by atomic mass is 9.94. The van der Waals surface area contributed by atoms with E-state index in [1.165, 1.54) is 0 Å². The van der Waals surface area contributed by atoms with Gasteiger partial charge in [0.1, 0.15) is 16.7 Å². The molecule has 0 aliphatic heterocycles. The van der Waals surface area contributed by atoms with Crippen LogP contribution in [0.25, 0.3) is 0 Å². The predicted molar refractivity (Wildman–Crippen MR) is 113 cm³/mol. The fraction of sp³-hybridized carbons (Fsp3) is 0.409. The first-order valence-corrected chi connectivity index (χ1v) is 10.5. The normalized spacial score (nSPS) is 14.8. The van der Waals surface area contributed by atoms with Gasteiger partial charge in [-0.25, -0.2) is 8.93 Å². The number of ether oxygens (including phenoxy) is 1. The topological polar surface area (TPSA) is 67.4 Å². The molecule has 0 heterocycles. The minimum Gasteiger partial charge on any atom is -0.497 e. The molecule has 0 aliphatic carbocycles. The number of benzene rings is 2. The van der Waals surface area contributed by atoms with Gasteiger partial charge in [0.2, 0.25) is 5.91 Å². The average Bonchev–Trinajstić information content (AvgIpc) is 2.67. The van der Waals surface area contributed by atoms with E-state index in [2.05, 4.69) is 10.0 Å². The number of methoxy groups -OCH3 is 1. The van der Waals surface area contributed by atoms with Crippen LogP contribution in [0.2, 0.25) is 0 Å². The van der Waals surface area contributed by atoms with Gasteiger partial charge in [-0.05, 0) is 43.2 Å². The minimum absolute atomic E-state index is 0.0415. The van der Waals surface area contributed by atoms with Gasteiger partial charge in [0.25, 0.3) is 0 Å². The molecule has 2 aromatic carbocycles. The highest BCUT2D eigenvalue weighted by molar-refractivity contribution is 7.83. The highest BCUT2D eigenvalue weighted by Crippen LogP contribution is 2.24. The van der Waals surface area contributed by atoms with Crippen molar-refractivity contribution in [2.75, 3.05) is 7.11 Å². The second kappa shape index (κ2) is 9.34. The van der Waals surface area contributed by atoms with E-state index in [4.69, 9.17) is 4.74 Å². The maximum Gasteiger partial charge on any atom is 0.225 e. The van der Waals surface area contributed by atoms with Crippen molar-refractivity contribution in [3.8, 4) is 5.75 Å². The summed E-state index contributed by atoms with van der Waals surface area (Å²) in [5.41, 5.74) is 1.37. The molecule has 3 atom stereocenters. The Morgan fingerprint density at radius 2 is 1.61 bits per heavy atom. The van der Waals surface area contributed by atoms with Crippen molar-refractivity contribution in [1.82, 2.24) is 10.0 Å². The maximum absolute atomic E-state index is 13.0. The van der Waals surface area contributed by atoms with Gasteiger partial charge in [0.05, 0.1) is 18.0 Å². The van der Waals surface area contributed by atoms with E-state index in [9.17, 15) is 9.00 Å². The van der Waals surface area contributed by atoms with E-state index in [-0.39, 0.29) is 18.0 Å². The third-order valence-corrected chi connectivity index (χ3v) is 5.85. The van der Waals surface area contributed by atoms with Crippen LogP contribution < -0.4 is 14.8 Å². The first-order chi connectivity index (χ1) is 13.1. The van der Waals surface area contributed by atoms with E-state index in [0.717, 1.165) is 16.9 Å². The monoisotopic (exact) mass is 402 g/mol. The molecule has 0 saturated carbocycles. The molecule has 2 aromatic rings. The van der Waals surface area contributed by atoms with Crippen molar-refractivity contribution in [3.63, 3.8) is 0 Å². The number of carbonyl (C=O) groups is 1. The van der Waals surface area contributed by atoms with Crippen LogP contribution in [0, 0.1) is 5.41 Å². The average molecular weight is 403 g/mol. The first kappa shape index (κ1) is 22.1. The van der Waals surface area contributed by atoms with E-state index in [1.807, 2.05) is 83.1 Å². The molecular weight excluding hydrogens is 372 g/mol. The van der Waals surface area contributed by atoms with E-state index < -0.39 is 16.4 Å². The molecule has 0 unspecified atom stereocenters. The molecule has 0 aliphatic rings. The smallest absolute Gasteiger partial charge is 0.225 e. The summed E-state index contributed by atoms with van der Waals surface area (Å²) in [5.74, 6) is 0.742. The van der Waals surface area contributed by atoms with Gasteiger partial charge in [0.15, 0.2) is 0 Å². The highest BCUT2D eigenvalue weighted by atomic mass is 32.2. The number of rotatable bonds is 7. The van der Waals surface area contributed by atoms with Crippen molar-refractivity contribution >= 4 is 16.9 Å². The SMILES string of the molecule is COc1ccc([C@H](C)N[S@](=O)c2ccccc2[C@@H](C)NC(=O)C(C)(C)C)cc1. The molecule has 0 fully saturated rings. The zero-order chi connectivity index (χ0) is 20.9. The molecule has 152 valence electrons. The van der Waals surface area contributed by atoms with Crippen molar-refractivity contribution in [2.45, 2.75) is 51.6 Å². The van der Waals surface area contributed by atoms with Gasteiger partial charge >= 0.3 is 0 Å². The zero-order valence-corrected chi connectivity index (χ0v) is 18.2. The summed E-state index contributed by atoms with van der Waals surface area (Å²) in [6, 6.07) is 14.8. The molecular formula is C22H30N2O3S. The Morgan fingerprint density at radius 1 is 1.00 bits per heavy atom.